The summed E-state index contributed by atoms with van der Waals surface area (Å²) < 4.78 is 67.5. The highest BCUT2D eigenvalue weighted by Gasteiger charge is 2.14. The topological polar surface area (TPSA) is 108 Å². The summed E-state index contributed by atoms with van der Waals surface area (Å²) in [7, 11) is -3.76. The fourth-order valence-electron chi connectivity index (χ4n) is 4.09. The second-order valence-electron chi connectivity index (χ2n) is 10.6. The van der Waals surface area contributed by atoms with Crippen LogP contribution in [-0.4, -0.2) is 108 Å². The first kappa shape index (κ1) is 40.9. The summed E-state index contributed by atoms with van der Waals surface area (Å²) in [5.74, 6) is 0. The van der Waals surface area contributed by atoms with E-state index in [4.69, 9.17) is 37.3 Å². The predicted molar refractivity (Wildman–Crippen MR) is 172 cm³/mol. The van der Waals surface area contributed by atoms with E-state index in [9.17, 15) is 8.42 Å². The van der Waals surface area contributed by atoms with Gasteiger partial charge in [-0.1, -0.05) is 82.4 Å². The summed E-state index contributed by atoms with van der Waals surface area (Å²) in [6.07, 6.45) is 13.4. The van der Waals surface area contributed by atoms with Gasteiger partial charge in [-0.2, -0.15) is 8.42 Å². The average molecular weight is 649 g/mol. The van der Waals surface area contributed by atoms with Gasteiger partial charge in [-0.15, -0.1) is 0 Å². The van der Waals surface area contributed by atoms with Gasteiger partial charge in [0.2, 0.25) is 0 Å². The molecule has 11 heteroatoms. The number of aryl methyl sites for hydroxylation is 1. The highest BCUT2D eigenvalue weighted by atomic mass is 32.2. The Balaban J connectivity index is 1.69. The Labute approximate surface area is 267 Å². The van der Waals surface area contributed by atoms with Crippen LogP contribution in [0.4, 0.5) is 0 Å². The first-order valence-corrected chi connectivity index (χ1v) is 18.0. The maximum Gasteiger partial charge on any atom is 0.297 e. The molecule has 0 N–H and O–H groups in total. The minimum absolute atomic E-state index is 0.0485. The summed E-state index contributed by atoms with van der Waals surface area (Å²) in [6, 6.07) is 6.51. The van der Waals surface area contributed by atoms with Crippen LogP contribution in [0.3, 0.4) is 0 Å². The second-order valence-corrected chi connectivity index (χ2v) is 12.2. The highest BCUT2D eigenvalue weighted by Crippen LogP contribution is 2.13. The van der Waals surface area contributed by atoms with Gasteiger partial charge in [-0.25, -0.2) is 0 Å². The summed E-state index contributed by atoms with van der Waals surface area (Å²) in [5, 5.41) is 0. The third-order valence-corrected chi connectivity index (χ3v) is 7.98. The van der Waals surface area contributed by atoms with Crippen molar-refractivity contribution < 1.29 is 45.8 Å². The van der Waals surface area contributed by atoms with Gasteiger partial charge in [0.15, 0.2) is 0 Å². The van der Waals surface area contributed by atoms with Crippen molar-refractivity contribution in [2.45, 2.75) is 83.0 Å². The lowest BCUT2D eigenvalue weighted by Crippen LogP contribution is -2.15. The van der Waals surface area contributed by atoms with Crippen molar-refractivity contribution in [2.75, 3.05) is 99.1 Å². The number of hydrogen-bond donors (Lipinski definition) is 0. The average Bonchev–Trinajstić information content (AvgIpc) is 3.02. The molecule has 1 aromatic rings. The van der Waals surface area contributed by atoms with Gasteiger partial charge < -0.3 is 33.2 Å². The van der Waals surface area contributed by atoms with Crippen molar-refractivity contribution in [3.05, 3.63) is 29.8 Å². The molecule has 44 heavy (non-hydrogen) atoms. The smallest absolute Gasteiger partial charge is 0.297 e. The van der Waals surface area contributed by atoms with Crippen molar-refractivity contribution in [2.24, 2.45) is 0 Å². The molecule has 1 aromatic carbocycles. The Kier molecular flexibility index (Phi) is 28.3. The van der Waals surface area contributed by atoms with E-state index in [1.165, 1.54) is 69.9 Å². The lowest BCUT2D eigenvalue weighted by atomic mass is 10.1. The van der Waals surface area contributed by atoms with Crippen LogP contribution in [0.5, 0.6) is 0 Å². The van der Waals surface area contributed by atoms with E-state index in [1.807, 2.05) is 6.92 Å². The van der Waals surface area contributed by atoms with E-state index in [0.29, 0.717) is 79.3 Å². The minimum Gasteiger partial charge on any atom is -0.379 e. The highest BCUT2D eigenvalue weighted by molar-refractivity contribution is 7.86. The van der Waals surface area contributed by atoms with Crippen molar-refractivity contribution in [1.82, 2.24) is 0 Å². The minimum atomic E-state index is -3.76. The SMILES string of the molecule is CCCCCCCCCCCCOCCOCCOCCOCCOCCOCCOCCOS(=O)(=O)c1ccc(C)cc1. The Morgan fingerprint density at radius 1 is 0.432 bits per heavy atom. The van der Waals surface area contributed by atoms with Gasteiger partial charge in [-0.3, -0.25) is 4.18 Å². The molecule has 0 aliphatic carbocycles. The van der Waals surface area contributed by atoms with Crippen LogP contribution in [0.25, 0.3) is 0 Å². The molecule has 0 bridgehead atoms. The zero-order chi connectivity index (χ0) is 31.8. The van der Waals surface area contributed by atoms with Crippen molar-refractivity contribution in [3.8, 4) is 0 Å². The van der Waals surface area contributed by atoms with E-state index in [-0.39, 0.29) is 18.1 Å². The van der Waals surface area contributed by atoms with Crippen LogP contribution in [0.2, 0.25) is 0 Å². The first-order valence-electron chi connectivity index (χ1n) is 16.6. The quantitative estimate of drug-likeness (QED) is 0.0679. The predicted octanol–water partition coefficient (Wildman–Crippen LogP) is 5.74. The molecule has 0 radical (unpaired) electrons. The van der Waals surface area contributed by atoms with E-state index in [2.05, 4.69) is 6.92 Å². The van der Waals surface area contributed by atoms with Crippen LogP contribution in [-0.2, 0) is 47.5 Å². The molecule has 10 nitrogen and oxygen atoms in total. The monoisotopic (exact) mass is 648 g/mol. The van der Waals surface area contributed by atoms with E-state index < -0.39 is 10.1 Å². The van der Waals surface area contributed by atoms with Gasteiger partial charge in [0.25, 0.3) is 10.1 Å². The lowest BCUT2D eigenvalue weighted by molar-refractivity contribution is -0.0212. The molecule has 0 atom stereocenters. The summed E-state index contributed by atoms with van der Waals surface area (Å²) in [5.41, 5.74) is 0.982. The van der Waals surface area contributed by atoms with Gasteiger partial charge >= 0.3 is 0 Å². The molecular weight excluding hydrogens is 588 g/mol. The zero-order valence-corrected chi connectivity index (χ0v) is 28.3. The molecule has 0 heterocycles. The number of ether oxygens (including phenoxy) is 7. The Hall–Kier alpha value is -1.15. The zero-order valence-electron chi connectivity index (χ0n) is 27.5. The second kappa shape index (κ2) is 30.5. The Morgan fingerprint density at radius 3 is 1.14 bits per heavy atom. The van der Waals surface area contributed by atoms with Crippen LogP contribution >= 0.6 is 0 Å². The Morgan fingerprint density at radius 2 is 0.750 bits per heavy atom. The van der Waals surface area contributed by atoms with E-state index in [0.717, 1.165) is 18.6 Å². The Bertz CT molecular complexity index is 835. The molecule has 0 spiro atoms. The first-order chi connectivity index (χ1) is 21.6. The maximum absolute atomic E-state index is 12.1. The van der Waals surface area contributed by atoms with Gasteiger partial charge in [0.1, 0.15) is 0 Å². The number of hydrogen-bond acceptors (Lipinski definition) is 10. The van der Waals surface area contributed by atoms with Crippen LogP contribution in [0, 0.1) is 6.92 Å². The van der Waals surface area contributed by atoms with Gasteiger partial charge in [-0.05, 0) is 25.5 Å². The fraction of sp³-hybridized carbons (Fsp3) is 0.818. The van der Waals surface area contributed by atoms with Gasteiger partial charge in [0, 0.05) is 6.61 Å². The fourth-order valence-corrected chi connectivity index (χ4v) is 4.98. The normalized spacial score (nSPS) is 11.9. The maximum atomic E-state index is 12.1. The largest absolute Gasteiger partial charge is 0.379 e. The molecule has 0 unspecified atom stereocenters. The molecule has 1 rings (SSSR count). The van der Waals surface area contributed by atoms with E-state index in [1.54, 1.807) is 12.1 Å². The molecule has 0 aliphatic heterocycles. The number of benzene rings is 1. The number of rotatable bonds is 34. The summed E-state index contributed by atoms with van der Waals surface area (Å²) in [4.78, 5) is 0.136. The van der Waals surface area contributed by atoms with Crippen LogP contribution in [0.1, 0.15) is 76.7 Å². The molecule has 0 fully saturated rings. The van der Waals surface area contributed by atoms with Crippen molar-refractivity contribution >= 4 is 10.1 Å². The molecular formula is C33H60O10S. The van der Waals surface area contributed by atoms with Crippen molar-refractivity contribution in [3.63, 3.8) is 0 Å². The third-order valence-electron chi connectivity index (χ3n) is 6.65. The summed E-state index contributed by atoms with van der Waals surface area (Å²) in [6.45, 7) is 11.0. The molecule has 0 aromatic heterocycles. The van der Waals surface area contributed by atoms with E-state index >= 15 is 0 Å². The third kappa shape index (κ3) is 26.1. The van der Waals surface area contributed by atoms with Crippen LogP contribution < -0.4 is 0 Å². The lowest BCUT2D eigenvalue weighted by Gasteiger charge is -2.09. The summed E-state index contributed by atoms with van der Waals surface area (Å²) >= 11 is 0. The number of unbranched alkanes of at least 4 members (excludes halogenated alkanes) is 9. The molecule has 0 aliphatic rings. The standard InChI is InChI=1S/C33H60O10S/c1-3-4-5-6-7-8-9-10-11-12-17-36-18-19-37-20-21-38-22-23-39-24-25-40-26-27-41-28-29-42-30-31-43-44(34,35)33-15-13-32(2)14-16-33/h13-16H,3-12,17-31H2,1-2H3. The van der Waals surface area contributed by atoms with Gasteiger partial charge in [0.05, 0.1) is 97.4 Å². The molecule has 0 saturated carbocycles. The van der Waals surface area contributed by atoms with Crippen LogP contribution in [0.15, 0.2) is 29.2 Å². The molecule has 258 valence electrons. The van der Waals surface area contributed by atoms with Crippen molar-refractivity contribution in [1.29, 1.82) is 0 Å². The molecule has 0 amide bonds. The molecule has 0 saturated heterocycles.